The Morgan fingerprint density at radius 3 is 2.68 bits per heavy atom. The third-order valence-electron chi connectivity index (χ3n) is 2.38. The summed E-state index contributed by atoms with van der Waals surface area (Å²) in [5.41, 5.74) is 0.636. The van der Waals surface area contributed by atoms with E-state index in [4.69, 9.17) is 0 Å². The summed E-state index contributed by atoms with van der Waals surface area (Å²) in [6.07, 6.45) is 0. The fourth-order valence-corrected chi connectivity index (χ4v) is 2.12. The monoisotopic (exact) mass is 435 g/mol. The van der Waals surface area contributed by atoms with Crippen molar-refractivity contribution in [3.05, 3.63) is 55.8 Å². The third kappa shape index (κ3) is 3.44. The highest BCUT2D eigenvalue weighted by Crippen LogP contribution is 2.25. The Bertz CT molecular complexity index is 649. The van der Waals surface area contributed by atoms with Crippen LogP contribution < -0.4 is 5.32 Å². The molecule has 0 aliphatic carbocycles. The average Bonchev–Trinajstić information content (AvgIpc) is 2.37. The second-order valence-electron chi connectivity index (χ2n) is 3.74. The first-order valence-corrected chi connectivity index (χ1v) is 7.09. The normalized spacial score (nSPS) is 10.3. The van der Waals surface area contributed by atoms with E-state index in [1.54, 1.807) is 12.1 Å². The van der Waals surface area contributed by atoms with E-state index in [-0.39, 0.29) is 5.75 Å². The number of halogens is 3. The standard InChI is InChI=1S/C13H8BrFINO2/c14-9-3-2-8(15)6-11(9)17-13(19)7-1-4-10(16)12(18)5-7/h1-6,18H,(H,17,19). The number of anilines is 1. The van der Waals surface area contributed by atoms with Crippen LogP contribution in [-0.4, -0.2) is 11.0 Å². The van der Waals surface area contributed by atoms with Crippen molar-refractivity contribution in [2.75, 3.05) is 5.32 Å². The Balaban J connectivity index is 2.25. The van der Waals surface area contributed by atoms with Crippen molar-refractivity contribution in [2.45, 2.75) is 0 Å². The topological polar surface area (TPSA) is 49.3 Å². The van der Waals surface area contributed by atoms with Crippen LogP contribution in [0.25, 0.3) is 0 Å². The summed E-state index contributed by atoms with van der Waals surface area (Å²) in [7, 11) is 0. The lowest BCUT2D eigenvalue weighted by Gasteiger charge is -2.08. The van der Waals surface area contributed by atoms with Crippen LogP contribution in [0, 0.1) is 9.39 Å². The average molecular weight is 436 g/mol. The Hall–Kier alpha value is -1.15. The predicted octanol–water partition coefficient (Wildman–Crippen LogP) is 4.15. The van der Waals surface area contributed by atoms with Crippen LogP contribution in [0.4, 0.5) is 10.1 Å². The minimum Gasteiger partial charge on any atom is -0.507 e. The fraction of sp³-hybridized carbons (Fsp3) is 0. The molecule has 6 heteroatoms. The number of phenols is 1. The number of amides is 1. The largest absolute Gasteiger partial charge is 0.507 e. The van der Waals surface area contributed by atoms with Gasteiger partial charge in [-0.3, -0.25) is 4.79 Å². The van der Waals surface area contributed by atoms with Crippen molar-refractivity contribution < 1.29 is 14.3 Å². The van der Waals surface area contributed by atoms with E-state index in [0.717, 1.165) is 0 Å². The van der Waals surface area contributed by atoms with E-state index in [1.807, 2.05) is 22.6 Å². The predicted molar refractivity (Wildman–Crippen MR) is 82.9 cm³/mol. The Morgan fingerprint density at radius 1 is 1.26 bits per heavy atom. The summed E-state index contributed by atoms with van der Waals surface area (Å²) in [4.78, 5) is 12.0. The number of benzene rings is 2. The van der Waals surface area contributed by atoms with Crippen LogP contribution in [0.15, 0.2) is 40.9 Å². The van der Waals surface area contributed by atoms with Crippen LogP contribution >= 0.6 is 38.5 Å². The lowest BCUT2D eigenvalue weighted by molar-refractivity contribution is 0.102. The molecule has 0 aliphatic rings. The van der Waals surface area contributed by atoms with Gasteiger partial charge in [-0.25, -0.2) is 4.39 Å². The Labute approximate surface area is 131 Å². The summed E-state index contributed by atoms with van der Waals surface area (Å²) in [5.74, 6) is -0.825. The first-order chi connectivity index (χ1) is 8.97. The van der Waals surface area contributed by atoms with Gasteiger partial charge in [0, 0.05) is 10.0 Å². The highest BCUT2D eigenvalue weighted by atomic mass is 127. The minimum absolute atomic E-state index is 0.0338. The molecule has 0 aliphatic heterocycles. The van der Waals surface area contributed by atoms with Gasteiger partial charge >= 0.3 is 0 Å². The van der Waals surface area contributed by atoms with Gasteiger partial charge < -0.3 is 10.4 Å². The van der Waals surface area contributed by atoms with Gasteiger partial charge in [0.25, 0.3) is 5.91 Å². The smallest absolute Gasteiger partial charge is 0.255 e. The third-order valence-corrected chi connectivity index (χ3v) is 3.99. The molecule has 0 unspecified atom stereocenters. The second kappa shape index (κ2) is 5.87. The van der Waals surface area contributed by atoms with Gasteiger partial charge in [0.15, 0.2) is 0 Å². The van der Waals surface area contributed by atoms with Gasteiger partial charge in [0.2, 0.25) is 0 Å². The maximum atomic E-state index is 13.1. The molecule has 0 radical (unpaired) electrons. The lowest BCUT2D eigenvalue weighted by Crippen LogP contribution is -2.12. The van der Waals surface area contributed by atoms with Gasteiger partial charge in [-0.1, -0.05) is 0 Å². The van der Waals surface area contributed by atoms with E-state index in [2.05, 4.69) is 21.2 Å². The molecule has 2 aromatic rings. The van der Waals surface area contributed by atoms with Gasteiger partial charge in [-0.15, -0.1) is 0 Å². The van der Waals surface area contributed by atoms with E-state index >= 15 is 0 Å². The number of hydrogen-bond donors (Lipinski definition) is 2. The van der Waals surface area contributed by atoms with Gasteiger partial charge in [-0.05, 0) is 74.9 Å². The summed E-state index contributed by atoms with van der Waals surface area (Å²) in [5, 5.41) is 12.1. The molecule has 0 atom stereocenters. The molecule has 0 spiro atoms. The Kier molecular flexibility index (Phi) is 4.41. The maximum absolute atomic E-state index is 13.1. The van der Waals surface area contributed by atoms with Crippen molar-refractivity contribution in [3.8, 4) is 5.75 Å². The molecule has 2 N–H and O–H groups in total. The van der Waals surface area contributed by atoms with E-state index < -0.39 is 11.7 Å². The highest BCUT2D eigenvalue weighted by Gasteiger charge is 2.10. The Morgan fingerprint density at radius 2 is 2.00 bits per heavy atom. The number of carbonyl (C=O) groups is 1. The molecule has 0 saturated carbocycles. The van der Waals surface area contributed by atoms with Crippen LogP contribution in [0.5, 0.6) is 5.75 Å². The van der Waals surface area contributed by atoms with Crippen molar-refractivity contribution in [2.24, 2.45) is 0 Å². The molecule has 2 rings (SSSR count). The zero-order valence-electron chi connectivity index (χ0n) is 9.45. The fourth-order valence-electron chi connectivity index (χ4n) is 1.44. The number of aromatic hydroxyl groups is 1. The molecule has 1 amide bonds. The first-order valence-electron chi connectivity index (χ1n) is 5.22. The molecule has 2 aromatic carbocycles. The van der Waals surface area contributed by atoms with E-state index in [9.17, 15) is 14.3 Å². The molecule has 19 heavy (non-hydrogen) atoms. The second-order valence-corrected chi connectivity index (χ2v) is 5.76. The summed E-state index contributed by atoms with van der Waals surface area (Å²) >= 11 is 5.18. The number of rotatable bonds is 2. The van der Waals surface area contributed by atoms with Crippen molar-refractivity contribution in [3.63, 3.8) is 0 Å². The molecular formula is C13H8BrFINO2. The van der Waals surface area contributed by atoms with Gasteiger partial charge in [-0.2, -0.15) is 0 Å². The van der Waals surface area contributed by atoms with E-state index in [1.165, 1.54) is 24.3 Å². The molecule has 0 bridgehead atoms. The molecule has 3 nitrogen and oxygen atoms in total. The van der Waals surface area contributed by atoms with Gasteiger partial charge in [0.05, 0.1) is 9.26 Å². The molecule has 0 aromatic heterocycles. The first kappa shape index (κ1) is 14.3. The number of carbonyl (C=O) groups excluding carboxylic acids is 1. The van der Waals surface area contributed by atoms with Crippen molar-refractivity contribution in [1.29, 1.82) is 0 Å². The maximum Gasteiger partial charge on any atom is 0.255 e. The van der Waals surface area contributed by atoms with Crippen LogP contribution in [0.2, 0.25) is 0 Å². The molecule has 98 valence electrons. The molecule has 0 heterocycles. The summed E-state index contributed by atoms with van der Waals surface area (Å²) < 4.78 is 14.3. The molecule has 0 saturated heterocycles. The molecular weight excluding hydrogens is 428 g/mol. The van der Waals surface area contributed by atoms with E-state index in [0.29, 0.717) is 19.3 Å². The van der Waals surface area contributed by atoms with Crippen LogP contribution in [-0.2, 0) is 0 Å². The number of phenolic OH excluding ortho intramolecular Hbond substituents is 1. The zero-order valence-corrected chi connectivity index (χ0v) is 13.2. The van der Waals surface area contributed by atoms with Crippen LogP contribution in [0.3, 0.4) is 0 Å². The molecule has 0 fully saturated rings. The SMILES string of the molecule is O=C(Nc1cc(F)ccc1Br)c1ccc(I)c(O)c1. The summed E-state index contributed by atoms with van der Waals surface area (Å²) in [6, 6.07) is 8.60. The summed E-state index contributed by atoms with van der Waals surface area (Å²) in [6.45, 7) is 0. The van der Waals surface area contributed by atoms with Crippen molar-refractivity contribution >= 4 is 50.1 Å². The van der Waals surface area contributed by atoms with Crippen molar-refractivity contribution in [1.82, 2.24) is 0 Å². The zero-order chi connectivity index (χ0) is 14.0. The quantitative estimate of drug-likeness (QED) is 0.696. The highest BCUT2D eigenvalue weighted by molar-refractivity contribution is 14.1. The van der Waals surface area contributed by atoms with Gasteiger partial charge in [0.1, 0.15) is 11.6 Å². The number of nitrogens with one attached hydrogen (secondary N) is 1. The minimum atomic E-state index is -0.441. The number of hydrogen-bond acceptors (Lipinski definition) is 2. The lowest BCUT2D eigenvalue weighted by atomic mass is 10.2. The van der Waals surface area contributed by atoms with Crippen LogP contribution in [0.1, 0.15) is 10.4 Å².